The van der Waals surface area contributed by atoms with Gasteiger partial charge in [0.2, 0.25) is 0 Å². The van der Waals surface area contributed by atoms with Gasteiger partial charge in [0.1, 0.15) is 11.4 Å². The molecule has 0 aromatic heterocycles. The zero-order valence-corrected chi connectivity index (χ0v) is 15.8. The van der Waals surface area contributed by atoms with E-state index in [4.69, 9.17) is 4.74 Å². The van der Waals surface area contributed by atoms with E-state index in [1.54, 1.807) is 49.9 Å². The lowest BCUT2D eigenvalue weighted by atomic mass is 10.0. The summed E-state index contributed by atoms with van der Waals surface area (Å²) in [5, 5.41) is 0. The van der Waals surface area contributed by atoms with Gasteiger partial charge in [-0.2, -0.15) is 0 Å². The van der Waals surface area contributed by atoms with E-state index in [-0.39, 0.29) is 6.54 Å². The van der Waals surface area contributed by atoms with Crippen molar-refractivity contribution in [2.75, 3.05) is 19.6 Å². The van der Waals surface area contributed by atoms with Crippen LogP contribution in [0.2, 0.25) is 0 Å². The second-order valence-electron chi connectivity index (χ2n) is 7.72. The topological polar surface area (TPSA) is 66.9 Å². The van der Waals surface area contributed by atoms with Crippen molar-refractivity contribution in [3.63, 3.8) is 0 Å². The summed E-state index contributed by atoms with van der Waals surface area (Å²) in [4.78, 5) is 39.3. The molecule has 7 heteroatoms. The van der Waals surface area contributed by atoms with Crippen LogP contribution in [0.4, 0.5) is 9.18 Å². The Morgan fingerprint density at radius 3 is 2.07 bits per heavy atom. The number of likely N-dealkylation sites (tertiary alicyclic amines) is 1. The maximum absolute atomic E-state index is 14.7. The molecular formula is C20H23FN2O4. The van der Waals surface area contributed by atoms with Crippen molar-refractivity contribution in [3.05, 3.63) is 46.8 Å². The minimum atomic E-state index is -0.579. The molecule has 3 amide bonds. The van der Waals surface area contributed by atoms with Crippen molar-refractivity contribution in [3.8, 4) is 0 Å². The van der Waals surface area contributed by atoms with Crippen molar-refractivity contribution in [1.29, 1.82) is 0 Å². The number of nitrogens with zero attached hydrogens (tertiary/aromatic N) is 2. The fourth-order valence-electron chi connectivity index (χ4n) is 3.19. The van der Waals surface area contributed by atoms with Crippen LogP contribution in [0.3, 0.4) is 0 Å². The minimum absolute atomic E-state index is 0.306. The number of ether oxygens (including phenoxy) is 1. The van der Waals surface area contributed by atoms with Crippen LogP contribution in [0.15, 0.2) is 35.7 Å². The first-order valence-electron chi connectivity index (χ1n) is 8.97. The number of imide groups is 1. The third-order valence-electron chi connectivity index (χ3n) is 4.58. The van der Waals surface area contributed by atoms with Crippen LogP contribution in [-0.4, -0.2) is 52.9 Å². The minimum Gasteiger partial charge on any atom is -0.444 e. The van der Waals surface area contributed by atoms with Crippen LogP contribution in [0.1, 0.15) is 54.3 Å². The summed E-state index contributed by atoms with van der Waals surface area (Å²) in [6, 6.07) is 6.49. The molecular weight excluding hydrogens is 351 g/mol. The van der Waals surface area contributed by atoms with E-state index in [2.05, 4.69) is 0 Å². The van der Waals surface area contributed by atoms with Crippen LogP contribution in [0.25, 0.3) is 0 Å². The Balaban J connectivity index is 1.63. The Hall–Kier alpha value is -2.70. The predicted molar refractivity (Wildman–Crippen MR) is 97.0 cm³/mol. The van der Waals surface area contributed by atoms with Gasteiger partial charge in [0.25, 0.3) is 11.8 Å². The zero-order chi connectivity index (χ0) is 19.8. The molecule has 0 saturated carbocycles. The molecule has 0 N–H and O–H groups in total. The first-order valence-corrected chi connectivity index (χ1v) is 8.97. The second kappa shape index (κ2) is 7.13. The van der Waals surface area contributed by atoms with Crippen LogP contribution in [-0.2, 0) is 4.74 Å². The summed E-state index contributed by atoms with van der Waals surface area (Å²) in [5.74, 6) is -1.43. The molecule has 0 bridgehead atoms. The number of hydrogen-bond donors (Lipinski definition) is 0. The number of halogens is 1. The molecule has 1 aromatic rings. The van der Waals surface area contributed by atoms with Gasteiger partial charge in [0.15, 0.2) is 0 Å². The Morgan fingerprint density at radius 1 is 1.07 bits per heavy atom. The smallest absolute Gasteiger partial charge is 0.410 e. The van der Waals surface area contributed by atoms with E-state index in [0.717, 1.165) is 4.90 Å². The fourth-order valence-corrected chi connectivity index (χ4v) is 3.19. The summed E-state index contributed by atoms with van der Waals surface area (Å²) in [6.45, 7) is 5.71. The molecule has 2 aliphatic heterocycles. The third-order valence-corrected chi connectivity index (χ3v) is 4.58. The number of benzene rings is 1. The van der Waals surface area contributed by atoms with Crippen molar-refractivity contribution in [1.82, 2.24) is 9.80 Å². The molecule has 2 aliphatic rings. The van der Waals surface area contributed by atoms with Crippen molar-refractivity contribution < 1.29 is 23.5 Å². The Kier molecular flexibility index (Phi) is 5.04. The van der Waals surface area contributed by atoms with E-state index >= 15 is 0 Å². The molecule has 2 heterocycles. The van der Waals surface area contributed by atoms with E-state index in [1.165, 1.54) is 0 Å². The number of carbonyl (C=O) groups excluding carboxylic acids is 3. The Labute approximate surface area is 157 Å². The summed E-state index contributed by atoms with van der Waals surface area (Å²) in [7, 11) is 0. The molecule has 144 valence electrons. The van der Waals surface area contributed by atoms with Crippen LogP contribution < -0.4 is 0 Å². The normalized spacial score (nSPS) is 17.3. The highest BCUT2D eigenvalue weighted by atomic mass is 19.1. The monoisotopic (exact) mass is 374 g/mol. The van der Waals surface area contributed by atoms with Gasteiger partial charge in [0.05, 0.1) is 17.7 Å². The van der Waals surface area contributed by atoms with Gasteiger partial charge in [0, 0.05) is 13.1 Å². The predicted octanol–water partition coefficient (Wildman–Crippen LogP) is 3.54. The van der Waals surface area contributed by atoms with E-state index in [1.807, 2.05) is 0 Å². The molecule has 0 aliphatic carbocycles. The summed E-state index contributed by atoms with van der Waals surface area (Å²) in [6.07, 6.45) is 0.296. The molecule has 0 radical (unpaired) electrons. The lowest BCUT2D eigenvalue weighted by Crippen LogP contribution is -2.40. The Bertz CT molecular complexity index is 781. The maximum atomic E-state index is 14.7. The highest BCUT2D eigenvalue weighted by Gasteiger charge is 2.36. The van der Waals surface area contributed by atoms with Gasteiger partial charge in [-0.3, -0.25) is 14.5 Å². The molecule has 0 atom stereocenters. The molecule has 0 unspecified atom stereocenters. The number of carbonyl (C=O) groups is 3. The van der Waals surface area contributed by atoms with Crippen LogP contribution in [0.5, 0.6) is 0 Å². The number of rotatable bonds is 2. The number of piperidine rings is 1. The van der Waals surface area contributed by atoms with Gasteiger partial charge in [-0.1, -0.05) is 12.1 Å². The van der Waals surface area contributed by atoms with Crippen molar-refractivity contribution in [2.45, 2.75) is 39.2 Å². The average molecular weight is 374 g/mol. The largest absolute Gasteiger partial charge is 0.444 e. The average Bonchev–Trinajstić information content (AvgIpc) is 2.86. The Morgan fingerprint density at radius 2 is 1.59 bits per heavy atom. The summed E-state index contributed by atoms with van der Waals surface area (Å²) < 4.78 is 20.0. The fraction of sp³-hybridized carbons (Fsp3) is 0.450. The van der Waals surface area contributed by atoms with Crippen molar-refractivity contribution in [2.24, 2.45) is 0 Å². The molecule has 1 fully saturated rings. The van der Waals surface area contributed by atoms with Crippen LogP contribution in [0, 0.1) is 0 Å². The molecule has 6 nitrogen and oxygen atoms in total. The second-order valence-corrected chi connectivity index (χ2v) is 7.72. The molecule has 0 spiro atoms. The molecule has 3 rings (SSSR count). The van der Waals surface area contributed by atoms with E-state index in [9.17, 15) is 18.8 Å². The quantitative estimate of drug-likeness (QED) is 0.743. The van der Waals surface area contributed by atoms with Gasteiger partial charge in [-0.25, -0.2) is 9.18 Å². The van der Waals surface area contributed by atoms with E-state index in [0.29, 0.717) is 42.6 Å². The number of hydrogen-bond acceptors (Lipinski definition) is 4. The van der Waals surface area contributed by atoms with Crippen LogP contribution >= 0.6 is 0 Å². The van der Waals surface area contributed by atoms with Crippen molar-refractivity contribution >= 4 is 17.9 Å². The SMILES string of the molecule is CC(C)(C)OC(=O)N1CCC(=C(F)CN2C(=O)c3ccccc3C2=O)CC1. The number of amides is 3. The molecule has 1 saturated heterocycles. The summed E-state index contributed by atoms with van der Waals surface area (Å²) >= 11 is 0. The highest BCUT2D eigenvalue weighted by Crippen LogP contribution is 2.27. The third kappa shape index (κ3) is 4.02. The van der Waals surface area contributed by atoms with Gasteiger partial charge in [-0.05, 0) is 51.3 Å². The summed E-state index contributed by atoms with van der Waals surface area (Å²) in [5.41, 5.74) is 0.565. The molecule has 1 aromatic carbocycles. The van der Waals surface area contributed by atoms with E-state index < -0.39 is 29.3 Å². The molecule has 27 heavy (non-hydrogen) atoms. The van der Waals surface area contributed by atoms with Gasteiger partial charge in [-0.15, -0.1) is 0 Å². The van der Waals surface area contributed by atoms with Gasteiger partial charge < -0.3 is 9.64 Å². The lowest BCUT2D eigenvalue weighted by molar-refractivity contribution is 0.0235. The first kappa shape index (κ1) is 19.1. The highest BCUT2D eigenvalue weighted by molar-refractivity contribution is 6.21. The number of fused-ring (bicyclic) bond motifs is 1. The zero-order valence-electron chi connectivity index (χ0n) is 15.8. The lowest BCUT2D eigenvalue weighted by Gasteiger charge is -2.31. The maximum Gasteiger partial charge on any atom is 0.410 e. The first-order chi connectivity index (χ1) is 12.7. The van der Waals surface area contributed by atoms with Gasteiger partial charge >= 0.3 is 6.09 Å². The standard InChI is InChI=1S/C20H23FN2O4/c1-20(2,3)27-19(26)22-10-8-13(9-11-22)16(21)12-23-17(24)14-6-4-5-7-15(14)18(23)25/h4-7H,8-12H2,1-3H3.